The van der Waals surface area contributed by atoms with Crippen molar-refractivity contribution >= 4 is 34.7 Å². The Morgan fingerprint density at radius 1 is 1.24 bits per heavy atom. The lowest BCUT2D eigenvalue weighted by Gasteiger charge is -2.13. The molecular formula is C26H31N4O3S+. The van der Waals surface area contributed by atoms with Crippen LogP contribution in [0.4, 0.5) is 10.5 Å². The van der Waals surface area contributed by atoms with Crippen LogP contribution in [0.5, 0.6) is 5.75 Å². The van der Waals surface area contributed by atoms with E-state index in [-0.39, 0.29) is 6.03 Å². The second-order valence-corrected chi connectivity index (χ2v) is 9.96. The molecule has 3 aromatic rings. The van der Waals surface area contributed by atoms with Gasteiger partial charge in [0, 0.05) is 17.1 Å². The fraction of sp³-hybridized carbons (Fsp3) is 0.346. The number of hydrogen-bond donors (Lipinski definition) is 1. The van der Waals surface area contributed by atoms with E-state index in [1.807, 2.05) is 59.7 Å². The molecule has 7 nitrogen and oxygen atoms in total. The number of benzene rings is 1. The molecule has 0 unspecified atom stereocenters. The van der Waals surface area contributed by atoms with Crippen molar-refractivity contribution in [3.05, 3.63) is 69.7 Å². The van der Waals surface area contributed by atoms with E-state index < -0.39 is 5.91 Å². The first-order chi connectivity index (χ1) is 16.3. The van der Waals surface area contributed by atoms with Gasteiger partial charge in [-0.05, 0) is 61.0 Å². The van der Waals surface area contributed by atoms with Crippen LogP contribution in [0.15, 0.2) is 47.8 Å². The summed E-state index contributed by atoms with van der Waals surface area (Å²) in [5.74, 6) is 0.757. The third kappa shape index (κ3) is 4.63. The van der Waals surface area contributed by atoms with Crippen LogP contribution in [-0.4, -0.2) is 45.3 Å². The SMILES string of the molecule is COc1ccc([N+]2=C(c3cc(C(N)=O)c(C)n3CCC(C)C)CN(Cc3cccs3)C2=O)cc1. The molecule has 0 spiro atoms. The number of urea groups is 1. The van der Waals surface area contributed by atoms with E-state index in [4.69, 9.17) is 10.5 Å². The third-order valence-corrected chi connectivity index (χ3v) is 7.05. The maximum atomic E-state index is 13.7. The molecule has 0 saturated heterocycles. The average Bonchev–Trinajstić information content (AvgIpc) is 3.51. The molecule has 178 valence electrons. The fourth-order valence-corrected chi connectivity index (χ4v) is 5.01. The second kappa shape index (κ2) is 9.85. The van der Waals surface area contributed by atoms with Crippen molar-refractivity contribution in [2.75, 3.05) is 13.7 Å². The van der Waals surface area contributed by atoms with E-state index in [1.165, 1.54) is 0 Å². The van der Waals surface area contributed by atoms with Crippen molar-refractivity contribution in [2.45, 2.75) is 40.3 Å². The minimum atomic E-state index is -0.460. The van der Waals surface area contributed by atoms with E-state index in [9.17, 15) is 9.59 Å². The number of nitrogens with zero attached hydrogens (tertiary/aromatic N) is 3. The standard InChI is InChI=1S/C26H30N4O3S/c1-17(2)11-12-29-18(3)22(25(27)31)14-23(29)24-16-28(15-21-6-5-13-34-21)26(32)30(24)19-7-9-20(33-4)10-8-19/h5-10,13-14,17H,11-12,15-16H2,1-4H3,(H-,27,31)/p+1. The van der Waals surface area contributed by atoms with E-state index in [2.05, 4.69) is 18.4 Å². The van der Waals surface area contributed by atoms with Gasteiger partial charge in [-0.25, -0.2) is 4.90 Å². The summed E-state index contributed by atoms with van der Waals surface area (Å²) in [6.07, 6.45) is 0.948. The number of amides is 3. The van der Waals surface area contributed by atoms with Crippen LogP contribution in [0.2, 0.25) is 0 Å². The number of hydrogen-bond acceptors (Lipinski definition) is 4. The molecule has 0 saturated carbocycles. The van der Waals surface area contributed by atoms with Crippen molar-refractivity contribution in [2.24, 2.45) is 11.7 Å². The van der Waals surface area contributed by atoms with E-state index in [0.29, 0.717) is 24.6 Å². The van der Waals surface area contributed by atoms with Gasteiger partial charge in [0.1, 0.15) is 18.0 Å². The molecule has 0 fully saturated rings. The van der Waals surface area contributed by atoms with E-state index in [0.717, 1.165) is 46.4 Å². The molecular weight excluding hydrogens is 448 g/mol. The van der Waals surface area contributed by atoms with Crippen molar-refractivity contribution in [1.29, 1.82) is 0 Å². The van der Waals surface area contributed by atoms with Gasteiger partial charge in [-0.3, -0.25) is 4.79 Å². The molecule has 34 heavy (non-hydrogen) atoms. The highest BCUT2D eigenvalue weighted by molar-refractivity contribution is 7.09. The van der Waals surface area contributed by atoms with Gasteiger partial charge in [0.2, 0.25) is 0 Å². The first-order valence-electron chi connectivity index (χ1n) is 11.4. The first-order valence-corrected chi connectivity index (χ1v) is 12.3. The zero-order chi connectivity index (χ0) is 24.4. The van der Waals surface area contributed by atoms with Gasteiger partial charge in [-0.1, -0.05) is 19.9 Å². The molecule has 0 atom stereocenters. The van der Waals surface area contributed by atoms with Crippen molar-refractivity contribution in [3.63, 3.8) is 0 Å². The highest BCUT2D eigenvalue weighted by atomic mass is 32.1. The van der Waals surface area contributed by atoms with Gasteiger partial charge in [0.05, 0.1) is 18.4 Å². The number of primary amides is 1. The van der Waals surface area contributed by atoms with Crippen molar-refractivity contribution in [1.82, 2.24) is 9.47 Å². The van der Waals surface area contributed by atoms with Crippen LogP contribution in [0.3, 0.4) is 0 Å². The zero-order valence-corrected chi connectivity index (χ0v) is 20.9. The van der Waals surface area contributed by atoms with Crippen LogP contribution < -0.4 is 10.5 Å². The molecule has 0 bridgehead atoms. The number of thiophene rings is 1. The number of carbonyl (C=O) groups excluding carboxylic acids is 2. The molecule has 1 aliphatic rings. The Bertz CT molecular complexity index is 1220. The van der Waals surface area contributed by atoms with Crippen LogP contribution >= 0.6 is 11.3 Å². The van der Waals surface area contributed by atoms with Crippen molar-refractivity contribution in [3.8, 4) is 5.75 Å². The largest absolute Gasteiger partial charge is 0.499 e. The normalized spacial score (nSPS) is 13.9. The summed E-state index contributed by atoms with van der Waals surface area (Å²) in [5, 5.41) is 2.02. The Labute approximate surface area is 204 Å². The molecule has 4 rings (SSSR count). The molecule has 3 amide bonds. The number of nitrogens with two attached hydrogens (primary N) is 1. The molecule has 0 aliphatic carbocycles. The minimum Gasteiger partial charge on any atom is -0.497 e. The summed E-state index contributed by atoms with van der Waals surface area (Å²) >= 11 is 1.63. The van der Waals surface area contributed by atoms with E-state index in [1.54, 1.807) is 23.0 Å². The Kier molecular flexibility index (Phi) is 6.88. The number of ether oxygens (including phenoxy) is 1. The first kappa shape index (κ1) is 23.8. The molecule has 2 N–H and O–H groups in total. The summed E-state index contributed by atoms with van der Waals surface area (Å²) in [5.41, 5.74) is 9.47. The highest BCUT2D eigenvalue weighted by Gasteiger charge is 2.42. The highest BCUT2D eigenvalue weighted by Crippen LogP contribution is 2.28. The lowest BCUT2D eigenvalue weighted by molar-refractivity contribution is -0.332. The summed E-state index contributed by atoms with van der Waals surface area (Å²) < 4.78 is 9.19. The molecule has 1 aromatic carbocycles. The number of methoxy groups -OCH3 is 1. The number of rotatable bonds is 9. The Balaban J connectivity index is 1.85. The maximum absolute atomic E-state index is 13.7. The van der Waals surface area contributed by atoms with Gasteiger partial charge in [-0.15, -0.1) is 11.3 Å². The molecule has 3 heterocycles. The van der Waals surface area contributed by atoms with E-state index >= 15 is 0 Å². The summed E-state index contributed by atoms with van der Waals surface area (Å²) in [7, 11) is 1.62. The lowest BCUT2D eigenvalue weighted by Crippen LogP contribution is -2.28. The lowest BCUT2D eigenvalue weighted by atomic mass is 10.1. The van der Waals surface area contributed by atoms with Crippen LogP contribution in [-0.2, 0) is 13.1 Å². The van der Waals surface area contributed by atoms with Gasteiger partial charge in [0.25, 0.3) is 5.91 Å². The van der Waals surface area contributed by atoms with Gasteiger partial charge < -0.3 is 15.0 Å². The quantitative estimate of drug-likeness (QED) is 0.449. The topological polar surface area (TPSA) is 80.6 Å². The smallest absolute Gasteiger partial charge is 0.497 e. The van der Waals surface area contributed by atoms with Crippen LogP contribution in [0.25, 0.3) is 0 Å². The Morgan fingerprint density at radius 3 is 2.56 bits per heavy atom. The Hall–Kier alpha value is -3.39. The Morgan fingerprint density at radius 2 is 1.97 bits per heavy atom. The zero-order valence-electron chi connectivity index (χ0n) is 20.1. The predicted octanol–water partition coefficient (Wildman–Crippen LogP) is 4.78. The predicted molar refractivity (Wildman–Crippen MR) is 134 cm³/mol. The average molecular weight is 480 g/mol. The number of carbonyl (C=O) groups is 2. The summed E-state index contributed by atoms with van der Waals surface area (Å²) in [6.45, 7) is 7.97. The maximum Gasteiger partial charge on any atom is 0.499 e. The van der Waals surface area contributed by atoms with Crippen LogP contribution in [0, 0.1) is 12.8 Å². The van der Waals surface area contributed by atoms with Gasteiger partial charge in [0.15, 0.2) is 12.3 Å². The van der Waals surface area contributed by atoms with Crippen molar-refractivity contribution < 1.29 is 18.9 Å². The minimum absolute atomic E-state index is 0.0940. The summed E-state index contributed by atoms with van der Waals surface area (Å²) in [6, 6.07) is 13.2. The molecule has 1 aliphatic heterocycles. The summed E-state index contributed by atoms with van der Waals surface area (Å²) in [4.78, 5) is 28.8. The molecule has 8 heteroatoms. The molecule has 0 radical (unpaired) electrons. The monoisotopic (exact) mass is 479 g/mol. The van der Waals surface area contributed by atoms with Crippen LogP contribution in [0.1, 0.15) is 46.9 Å². The van der Waals surface area contributed by atoms with Gasteiger partial charge >= 0.3 is 6.03 Å². The number of aromatic nitrogens is 1. The van der Waals surface area contributed by atoms with Gasteiger partial charge in [-0.2, -0.15) is 9.37 Å². The second-order valence-electron chi connectivity index (χ2n) is 8.93. The third-order valence-electron chi connectivity index (χ3n) is 6.19. The fourth-order valence-electron chi connectivity index (χ4n) is 4.29. The molecule has 2 aromatic heterocycles.